The van der Waals surface area contributed by atoms with Gasteiger partial charge in [-0.3, -0.25) is 0 Å². The Bertz CT molecular complexity index is 520. The van der Waals surface area contributed by atoms with Crippen LogP contribution in [0.5, 0.6) is 0 Å². The zero-order valence-corrected chi connectivity index (χ0v) is 12.8. The fourth-order valence-corrected chi connectivity index (χ4v) is 2.54. The number of nitrogens with one attached hydrogen (secondary N) is 1. The quantitative estimate of drug-likeness (QED) is 0.707. The first-order valence-electron chi connectivity index (χ1n) is 6.61. The molecule has 0 atom stereocenters. The van der Waals surface area contributed by atoms with Gasteiger partial charge in [-0.1, -0.05) is 25.6 Å². The molecule has 1 N–H and O–H groups in total. The second-order valence-corrected chi connectivity index (χ2v) is 5.77. The van der Waals surface area contributed by atoms with Gasteiger partial charge in [0, 0.05) is 13.1 Å². The van der Waals surface area contributed by atoms with Crippen molar-refractivity contribution in [2.24, 2.45) is 5.92 Å². The fraction of sp³-hybridized carbons (Fsp3) is 0.727. The minimum atomic E-state index is 0.543. The Labute approximate surface area is 122 Å². The maximum Gasteiger partial charge on any atom is 0.209 e. The van der Waals surface area contributed by atoms with E-state index in [-0.39, 0.29) is 0 Å². The van der Waals surface area contributed by atoms with Crippen LogP contribution in [0.2, 0.25) is 0 Å². The third-order valence-corrected chi connectivity index (χ3v) is 3.59. The van der Waals surface area contributed by atoms with E-state index in [1.54, 1.807) is 22.8 Å². The average molecular weight is 296 g/mol. The second kappa shape index (κ2) is 7.34. The first kappa shape index (κ1) is 14.9. The van der Waals surface area contributed by atoms with Crippen LogP contribution < -0.4 is 5.32 Å². The molecule has 20 heavy (non-hydrogen) atoms. The van der Waals surface area contributed by atoms with Crippen LogP contribution in [0.1, 0.15) is 19.7 Å². The number of thioether (sulfide) groups is 1. The van der Waals surface area contributed by atoms with Crippen molar-refractivity contribution in [3.8, 4) is 0 Å². The summed E-state index contributed by atoms with van der Waals surface area (Å²) < 4.78 is 3.74. The van der Waals surface area contributed by atoms with E-state index in [1.807, 2.05) is 11.7 Å². The van der Waals surface area contributed by atoms with Crippen LogP contribution in [-0.4, -0.2) is 48.6 Å². The van der Waals surface area contributed by atoms with Crippen LogP contribution in [0.3, 0.4) is 0 Å². The highest BCUT2D eigenvalue weighted by Gasteiger charge is 2.11. The van der Waals surface area contributed by atoms with Crippen LogP contribution in [0, 0.1) is 5.92 Å². The molecule has 2 aromatic rings. The van der Waals surface area contributed by atoms with Crippen molar-refractivity contribution in [1.82, 2.24) is 40.3 Å². The molecule has 0 aliphatic heterocycles. The zero-order valence-electron chi connectivity index (χ0n) is 12.0. The maximum absolute atomic E-state index is 4.30. The van der Waals surface area contributed by atoms with Crippen LogP contribution in [0.15, 0.2) is 11.5 Å². The normalized spacial score (nSPS) is 11.4. The van der Waals surface area contributed by atoms with Crippen molar-refractivity contribution < 1.29 is 0 Å². The lowest BCUT2D eigenvalue weighted by Crippen LogP contribution is -2.16. The van der Waals surface area contributed by atoms with Crippen LogP contribution >= 0.6 is 11.8 Å². The zero-order chi connectivity index (χ0) is 14.4. The molecule has 0 aromatic carbocycles. The van der Waals surface area contributed by atoms with E-state index in [0.717, 1.165) is 30.6 Å². The molecule has 9 heteroatoms. The van der Waals surface area contributed by atoms with Gasteiger partial charge < -0.3 is 5.32 Å². The van der Waals surface area contributed by atoms with E-state index in [1.165, 1.54) is 0 Å². The molecule has 0 spiro atoms. The van der Waals surface area contributed by atoms with Crippen molar-refractivity contribution in [3.63, 3.8) is 0 Å². The number of aromatic nitrogens is 7. The summed E-state index contributed by atoms with van der Waals surface area (Å²) in [6, 6.07) is 0. The SMILES string of the molecule is CNCCn1nnnc1SCc1ncnn1CC(C)C. The highest BCUT2D eigenvalue weighted by molar-refractivity contribution is 7.98. The predicted molar refractivity (Wildman–Crippen MR) is 76.2 cm³/mol. The standard InChI is InChI=1S/C11H20N8S/c1-9(2)6-19-10(13-8-14-19)7-20-11-15-16-17-18(11)5-4-12-3/h8-9,12H,4-7H2,1-3H3. The molecule has 0 bridgehead atoms. The third-order valence-electron chi connectivity index (χ3n) is 2.64. The van der Waals surface area contributed by atoms with Gasteiger partial charge in [0.05, 0.1) is 12.3 Å². The number of likely N-dealkylation sites (N-methyl/N-ethyl adjacent to an activating group) is 1. The van der Waals surface area contributed by atoms with Gasteiger partial charge in [-0.2, -0.15) is 5.10 Å². The van der Waals surface area contributed by atoms with Gasteiger partial charge >= 0.3 is 0 Å². The molecule has 0 unspecified atom stereocenters. The van der Waals surface area contributed by atoms with Crippen LogP contribution in [0.4, 0.5) is 0 Å². The Morgan fingerprint density at radius 3 is 2.95 bits per heavy atom. The van der Waals surface area contributed by atoms with E-state index < -0.39 is 0 Å². The fourth-order valence-electron chi connectivity index (χ4n) is 1.69. The molecular formula is C11H20N8S. The van der Waals surface area contributed by atoms with Gasteiger partial charge in [-0.15, -0.1) is 5.10 Å². The van der Waals surface area contributed by atoms with Gasteiger partial charge in [-0.25, -0.2) is 14.3 Å². The lowest BCUT2D eigenvalue weighted by molar-refractivity contribution is 0.471. The van der Waals surface area contributed by atoms with E-state index in [0.29, 0.717) is 11.7 Å². The van der Waals surface area contributed by atoms with Gasteiger partial charge in [0.25, 0.3) is 0 Å². The minimum absolute atomic E-state index is 0.543. The molecule has 0 aliphatic carbocycles. The van der Waals surface area contributed by atoms with E-state index >= 15 is 0 Å². The summed E-state index contributed by atoms with van der Waals surface area (Å²) in [4.78, 5) is 4.30. The highest BCUT2D eigenvalue weighted by atomic mass is 32.2. The summed E-state index contributed by atoms with van der Waals surface area (Å²) in [5.74, 6) is 2.21. The number of rotatable bonds is 8. The average Bonchev–Trinajstić information content (AvgIpc) is 3.02. The number of nitrogens with zero attached hydrogens (tertiary/aromatic N) is 7. The Kier molecular flexibility index (Phi) is 5.48. The van der Waals surface area contributed by atoms with Crippen molar-refractivity contribution in [3.05, 3.63) is 12.2 Å². The topological polar surface area (TPSA) is 86.3 Å². The molecule has 0 aliphatic rings. The molecule has 2 rings (SSSR count). The summed E-state index contributed by atoms with van der Waals surface area (Å²) in [5.41, 5.74) is 0. The molecule has 0 saturated carbocycles. The van der Waals surface area contributed by atoms with Gasteiger partial charge in [0.15, 0.2) is 0 Å². The summed E-state index contributed by atoms with van der Waals surface area (Å²) in [5, 5.41) is 19.9. The molecule has 2 heterocycles. The van der Waals surface area contributed by atoms with Crippen molar-refractivity contribution in [2.45, 2.75) is 37.8 Å². The molecule has 0 amide bonds. The summed E-state index contributed by atoms with van der Waals surface area (Å²) in [6.07, 6.45) is 1.60. The monoisotopic (exact) mass is 296 g/mol. The smallest absolute Gasteiger partial charge is 0.209 e. The molecule has 0 fully saturated rings. The molecular weight excluding hydrogens is 276 g/mol. The number of hydrogen-bond acceptors (Lipinski definition) is 7. The maximum atomic E-state index is 4.30. The molecule has 110 valence electrons. The summed E-state index contributed by atoms with van der Waals surface area (Å²) in [7, 11) is 1.91. The Hall–Kier alpha value is -1.48. The summed E-state index contributed by atoms with van der Waals surface area (Å²) >= 11 is 1.58. The minimum Gasteiger partial charge on any atom is -0.318 e. The van der Waals surface area contributed by atoms with Crippen LogP contribution in [-0.2, 0) is 18.8 Å². The molecule has 8 nitrogen and oxygen atoms in total. The molecule has 0 radical (unpaired) electrons. The van der Waals surface area contributed by atoms with E-state index in [9.17, 15) is 0 Å². The van der Waals surface area contributed by atoms with Crippen molar-refractivity contribution in [1.29, 1.82) is 0 Å². The van der Waals surface area contributed by atoms with Gasteiger partial charge in [-0.05, 0) is 23.4 Å². The highest BCUT2D eigenvalue weighted by Crippen LogP contribution is 2.18. The second-order valence-electron chi connectivity index (χ2n) is 4.83. The number of hydrogen-bond donors (Lipinski definition) is 1. The lowest BCUT2D eigenvalue weighted by Gasteiger charge is -2.08. The van der Waals surface area contributed by atoms with E-state index in [2.05, 4.69) is 44.8 Å². The van der Waals surface area contributed by atoms with E-state index in [4.69, 9.17) is 0 Å². The predicted octanol–water partition coefficient (Wildman–Crippen LogP) is 0.432. The van der Waals surface area contributed by atoms with Crippen LogP contribution in [0.25, 0.3) is 0 Å². The van der Waals surface area contributed by atoms with Crippen molar-refractivity contribution in [2.75, 3.05) is 13.6 Å². The van der Waals surface area contributed by atoms with Gasteiger partial charge in [0.1, 0.15) is 12.2 Å². The number of tetrazole rings is 1. The first-order chi connectivity index (χ1) is 9.70. The Morgan fingerprint density at radius 1 is 1.35 bits per heavy atom. The third kappa shape index (κ3) is 4.01. The summed E-state index contributed by atoms with van der Waals surface area (Å²) in [6.45, 7) is 6.79. The largest absolute Gasteiger partial charge is 0.318 e. The first-order valence-corrected chi connectivity index (χ1v) is 7.59. The Balaban J connectivity index is 1.95. The molecule has 2 aromatic heterocycles. The van der Waals surface area contributed by atoms with Gasteiger partial charge in [0.2, 0.25) is 5.16 Å². The Morgan fingerprint density at radius 2 is 2.20 bits per heavy atom. The lowest BCUT2D eigenvalue weighted by atomic mass is 10.2. The molecule has 0 saturated heterocycles. The van der Waals surface area contributed by atoms with Crippen molar-refractivity contribution >= 4 is 11.8 Å².